The predicted molar refractivity (Wildman–Crippen MR) is 77.0 cm³/mol. The summed E-state index contributed by atoms with van der Waals surface area (Å²) in [6.45, 7) is 2.00. The van der Waals surface area contributed by atoms with Gasteiger partial charge in [-0.15, -0.1) is 0 Å². The van der Waals surface area contributed by atoms with E-state index in [1.54, 1.807) is 0 Å². The largest absolute Gasteiger partial charge is 0.0812 e. The van der Waals surface area contributed by atoms with Crippen LogP contribution in [0.5, 0.6) is 0 Å². The van der Waals surface area contributed by atoms with E-state index in [9.17, 15) is 0 Å². The van der Waals surface area contributed by atoms with Crippen LogP contribution in [0.3, 0.4) is 0 Å². The Morgan fingerprint density at radius 2 is 1.44 bits per heavy atom. The van der Waals surface area contributed by atoms with Crippen molar-refractivity contribution < 1.29 is 0 Å². The van der Waals surface area contributed by atoms with Crippen molar-refractivity contribution in [2.24, 2.45) is 0 Å². The first-order chi connectivity index (χ1) is 8.78. The second kappa shape index (κ2) is 4.20. The van der Waals surface area contributed by atoms with Gasteiger partial charge in [0.25, 0.3) is 0 Å². The molecule has 1 radical (unpaired) electrons. The lowest BCUT2D eigenvalue weighted by Crippen LogP contribution is -1.88. The zero-order chi connectivity index (χ0) is 12.5. The summed E-state index contributed by atoms with van der Waals surface area (Å²) in [7, 11) is 0. The fraction of sp³-hybridized carbons (Fsp3) is 0.111. The Bertz CT molecular complexity index is 760. The molecule has 0 spiro atoms. The van der Waals surface area contributed by atoms with Crippen LogP contribution in [-0.4, -0.2) is 0 Å². The fourth-order valence-electron chi connectivity index (χ4n) is 2.31. The van der Waals surface area contributed by atoms with E-state index < -0.39 is 0 Å². The van der Waals surface area contributed by atoms with Gasteiger partial charge in [-0.25, -0.2) is 0 Å². The summed E-state index contributed by atoms with van der Waals surface area (Å²) in [5.41, 5.74) is 1.15. The highest BCUT2D eigenvalue weighted by atomic mass is 14.1. The highest BCUT2D eigenvalue weighted by Crippen LogP contribution is 2.26. The monoisotopic (exact) mass is 229 g/mol. The molecule has 18 heavy (non-hydrogen) atoms. The maximum atomic E-state index is 7.24. The van der Waals surface area contributed by atoms with Crippen molar-refractivity contribution in [3.63, 3.8) is 0 Å². The van der Waals surface area contributed by atoms with Gasteiger partial charge in [-0.1, -0.05) is 42.3 Å². The first-order valence-electron chi connectivity index (χ1n) is 6.12. The van der Waals surface area contributed by atoms with Gasteiger partial charge in [-0.2, -0.15) is 0 Å². The minimum Gasteiger partial charge on any atom is -0.0812 e. The van der Waals surface area contributed by atoms with E-state index in [1.807, 2.05) is 6.92 Å². The third-order valence-electron chi connectivity index (χ3n) is 3.45. The summed E-state index contributed by atoms with van der Waals surface area (Å²) >= 11 is 0. The summed E-state index contributed by atoms with van der Waals surface area (Å²) < 4.78 is 0. The molecule has 0 heteroatoms. The maximum absolute atomic E-state index is 7.24. The smallest absolute Gasteiger partial charge is 0.0434 e. The quantitative estimate of drug-likeness (QED) is 0.419. The van der Waals surface area contributed by atoms with Gasteiger partial charge in [0, 0.05) is 5.92 Å². The highest BCUT2D eigenvalue weighted by molar-refractivity contribution is 5.98. The Morgan fingerprint density at radius 1 is 0.833 bits per heavy atom. The van der Waals surface area contributed by atoms with Crippen LogP contribution in [0.15, 0.2) is 54.6 Å². The predicted octanol–water partition coefficient (Wildman–Crippen LogP) is 4.69. The van der Waals surface area contributed by atoms with Crippen molar-refractivity contribution in [3.8, 4) is 5.92 Å². The van der Waals surface area contributed by atoms with Crippen LogP contribution in [-0.2, 0) is 0 Å². The number of hydrogen-bond acceptors (Lipinski definition) is 0. The van der Waals surface area contributed by atoms with Crippen LogP contribution in [0.4, 0.5) is 0 Å². The Labute approximate surface area is 107 Å². The molecular weight excluding hydrogens is 216 g/mol. The molecule has 0 N–H and O–H groups in total. The van der Waals surface area contributed by atoms with Gasteiger partial charge in [0.2, 0.25) is 0 Å². The van der Waals surface area contributed by atoms with Gasteiger partial charge >= 0.3 is 0 Å². The average molecular weight is 229 g/mol. The second-order valence-electron chi connectivity index (χ2n) is 4.67. The number of rotatable bonds is 1. The van der Waals surface area contributed by atoms with Crippen molar-refractivity contribution in [2.75, 3.05) is 0 Å². The first kappa shape index (κ1) is 10.9. The van der Waals surface area contributed by atoms with Gasteiger partial charge < -0.3 is 0 Å². The minimum atomic E-state index is 0.0564. The van der Waals surface area contributed by atoms with Gasteiger partial charge in [-0.05, 0) is 58.7 Å². The zero-order valence-electron chi connectivity index (χ0n) is 10.3. The Balaban J connectivity index is 2.28. The van der Waals surface area contributed by atoms with Crippen molar-refractivity contribution in [1.82, 2.24) is 0 Å². The molecule has 0 nitrogen and oxygen atoms in total. The summed E-state index contributed by atoms with van der Waals surface area (Å²) in [6, 6.07) is 19.2. The fourth-order valence-corrected chi connectivity index (χ4v) is 2.31. The van der Waals surface area contributed by atoms with E-state index in [1.165, 1.54) is 21.5 Å². The lowest BCUT2D eigenvalue weighted by molar-refractivity contribution is 1.01. The lowest BCUT2D eigenvalue weighted by atomic mass is 9.96. The molecule has 1 atom stereocenters. The van der Waals surface area contributed by atoms with Crippen molar-refractivity contribution >= 4 is 21.5 Å². The molecule has 85 valence electrons. The van der Waals surface area contributed by atoms with Crippen LogP contribution in [0.2, 0.25) is 0 Å². The number of benzene rings is 3. The molecule has 0 amide bonds. The molecule has 0 saturated heterocycles. The summed E-state index contributed by atoms with van der Waals surface area (Å²) in [5.74, 6) is 2.59. The summed E-state index contributed by atoms with van der Waals surface area (Å²) in [6.07, 6.45) is 7.24. The third kappa shape index (κ3) is 1.75. The van der Waals surface area contributed by atoms with Crippen LogP contribution < -0.4 is 0 Å². The van der Waals surface area contributed by atoms with Crippen molar-refractivity contribution in [1.29, 1.82) is 0 Å². The van der Waals surface area contributed by atoms with E-state index in [0.717, 1.165) is 5.56 Å². The highest BCUT2D eigenvalue weighted by Gasteiger charge is 2.03. The Hall–Kier alpha value is -2.26. The molecule has 0 aliphatic rings. The topological polar surface area (TPSA) is 0 Å². The molecule has 1 unspecified atom stereocenters. The third-order valence-corrected chi connectivity index (χ3v) is 3.45. The molecule has 0 aliphatic heterocycles. The molecule has 0 bridgehead atoms. The zero-order valence-corrected chi connectivity index (χ0v) is 10.3. The molecule has 3 aromatic rings. The molecular formula is C18H13. The number of fused-ring (bicyclic) bond motifs is 2. The molecule has 0 aliphatic carbocycles. The van der Waals surface area contributed by atoms with Crippen molar-refractivity contribution in [2.45, 2.75) is 12.8 Å². The van der Waals surface area contributed by atoms with E-state index in [4.69, 9.17) is 6.42 Å². The van der Waals surface area contributed by atoms with Crippen LogP contribution in [0.1, 0.15) is 18.4 Å². The normalized spacial score (nSPS) is 12.4. The molecule has 3 rings (SSSR count). The van der Waals surface area contributed by atoms with E-state index in [-0.39, 0.29) is 5.92 Å². The number of hydrogen-bond donors (Lipinski definition) is 0. The van der Waals surface area contributed by atoms with Gasteiger partial charge in [-0.3, -0.25) is 0 Å². The molecule has 0 aromatic heterocycles. The van der Waals surface area contributed by atoms with Crippen LogP contribution >= 0.6 is 0 Å². The second-order valence-corrected chi connectivity index (χ2v) is 4.67. The minimum absolute atomic E-state index is 0.0564. The maximum Gasteiger partial charge on any atom is 0.0434 e. The average Bonchev–Trinajstić information content (AvgIpc) is 2.43. The first-order valence-corrected chi connectivity index (χ1v) is 6.12. The van der Waals surface area contributed by atoms with Crippen LogP contribution in [0.25, 0.3) is 21.5 Å². The van der Waals surface area contributed by atoms with E-state index in [0.29, 0.717) is 0 Å². The van der Waals surface area contributed by atoms with E-state index >= 15 is 0 Å². The van der Waals surface area contributed by atoms with Gasteiger partial charge in [0.1, 0.15) is 0 Å². The molecule has 0 fully saturated rings. The summed E-state index contributed by atoms with van der Waals surface area (Å²) in [5, 5.41) is 5.00. The Kier molecular flexibility index (Phi) is 2.54. The standard InChI is InChI=1S/C18H13/c1-3-13(2)14-8-9-17-11-15-6-4-5-7-16(15)12-18(17)10-14/h4-13H,2H3. The SMILES string of the molecule is [C]#CC(C)c1ccc2cc3ccccc3cc2c1. The molecule has 0 saturated carbocycles. The summed E-state index contributed by atoms with van der Waals surface area (Å²) in [4.78, 5) is 0. The lowest BCUT2D eigenvalue weighted by Gasteiger charge is -2.07. The molecule has 3 aromatic carbocycles. The Morgan fingerprint density at radius 3 is 2.11 bits per heavy atom. The van der Waals surface area contributed by atoms with Gasteiger partial charge in [0.15, 0.2) is 0 Å². The van der Waals surface area contributed by atoms with Crippen LogP contribution in [0, 0.1) is 12.3 Å². The van der Waals surface area contributed by atoms with Crippen molar-refractivity contribution in [3.05, 3.63) is 66.6 Å². The molecule has 0 heterocycles. The van der Waals surface area contributed by atoms with E-state index in [2.05, 4.69) is 60.5 Å². The van der Waals surface area contributed by atoms with Gasteiger partial charge in [0.05, 0.1) is 0 Å².